The van der Waals surface area contributed by atoms with Gasteiger partial charge < -0.3 is 5.11 Å². The summed E-state index contributed by atoms with van der Waals surface area (Å²) < 4.78 is 38.2. The highest BCUT2D eigenvalue weighted by atomic mass is 19.1. The number of hydrogen-bond donors (Lipinski definition) is 1. The van der Waals surface area contributed by atoms with Gasteiger partial charge in [-0.2, -0.15) is 0 Å². The van der Waals surface area contributed by atoms with E-state index in [-0.39, 0.29) is 13.0 Å². The molecule has 0 amide bonds. The summed E-state index contributed by atoms with van der Waals surface area (Å²) in [5.41, 5.74) is -0.472. The van der Waals surface area contributed by atoms with Crippen molar-refractivity contribution in [3.05, 3.63) is 35.1 Å². The molecule has 0 saturated heterocycles. The van der Waals surface area contributed by atoms with Gasteiger partial charge in [0.05, 0.1) is 12.2 Å². The van der Waals surface area contributed by atoms with E-state index in [2.05, 4.69) is 11.8 Å². The molecule has 0 bridgehead atoms. The Kier molecular flexibility index (Phi) is 3.55. The monoisotopic (exact) mass is 200 g/mol. The van der Waals surface area contributed by atoms with E-state index in [1.54, 1.807) is 0 Å². The molecule has 1 aromatic rings. The zero-order valence-electron chi connectivity index (χ0n) is 7.15. The maximum absolute atomic E-state index is 12.9. The second-order valence-electron chi connectivity index (χ2n) is 2.52. The Labute approximate surface area is 79.2 Å². The summed E-state index contributed by atoms with van der Waals surface area (Å²) in [7, 11) is 0. The van der Waals surface area contributed by atoms with Gasteiger partial charge in [-0.15, -0.1) is 0 Å². The highest BCUT2D eigenvalue weighted by molar-refractivity contribution is 5.36. The summed E-state index contributed by atoms with van der Waals surface area (Å²) in [5, 5.41) is 8.38. The molecule has 0 aliphatic heterocycles. The van der Waals surface area contributed by atoms with Crippen molar-refractivity contribution in [1.29, 1.82) is 0 Å². The predicted molar refractivity (Wildman–Crippen MR) is 44.9 cm³/mol. The molecule has 0 radical (unpaired) electrons. The van der Waals surface area contributed by atoms with E-state index in [4.69, 9.17) is 5.11 Å². The third-order valence-electron chi connectivity index (χ3n) is 1.46. The fourth-order valence-electron chi connectivity index (χ4n) is 0.868. The number of benzene rings is 1. The molecule has 0 heterocycles. The van der Waals surface area contributed by atoms with Crippen LogP contribution in [0, 0.1) is 29.3 Å². The SMILES string of the molecule is OCCC#Cc1c(F)cc(F)cc1F. The first-order valence-corrected chi connectivity index (χ1v) is 3.89. The number of hydrogen-bond acceptors (Lipinski definition) is 1. The summed E-state index contributed by atoms with van der Waals surface area (Å²) in [6.45, 7) is -0.183. The van der Waals surface area contributed by atoms with Gasteiger partial charge >= 0.3 is 0 Å². The summed E-state index contributed by atoms with van der Waals surface area (Å²) in [4.78, 5) is 0. The van der Waals surface area contributed by atoms with Crippen LogP contribution in [0.25, 0.3) is 0 Å². The standard InChI is InChI=1S/C10H7F3O/c11-7-5-9(12)8(10(13)6-7)3-1-2-4-14/h5-6,14H,2,4H2. The van der Waals surface area contributed by atoms with Crippen molar-refractivity contribution in [2.24, 2.45) is 0 Å². The van der Waals surface area contributed by atoms with Crippen LogP contribution >= 0.6 is 0 Å². The molecule has 0 atom stereocenters. The van der Waals surface area contributed by atoms with Gasteiger partial charge in [0.15, 0.2) is 0 Å². The molecule has 0 saturated carbocycles. The van der Waals surface area contributed by atoms with E-state index in [9.17, 15) is 13.2 Å². The fraction of sp³-hybridized carbons (Fsp3) is 0.200. The average Bonchev–Trinajstić information content (AvgIpc) is 2.09. The third-order valence-corrected chi connectivity index (χ3v) is 1.46. The van der Waals surface area contributed by atoms with Crippen LogP contribution in [0.15, 0.2) is 12.1 Å². The summed E-state index contributed by atoms with van der Waals surface area (Å²) in [5.74, 6) is 1.49. The normalized spacial score (nSPS) is 9.43. The fourth-order valence-corrected chi connectivity index (χ4v) is 0.868. The van der Waals surface area contributed by atoms with Gasteiger partial charge in [0.2, 0.25) is 0 Å². The Bertz CT molecular complexity index is 367. The van der Waals surface area contributed by atoms with Gasteiger partial charge in [-0.25, -0.2) is 13.2 Å². The Hall–Kier alpha value is -1.47. The van der Waals surface area contributed by atoms with Crippen LogP contribution in [-0.4, -0.2) is 11.7 Å². The van der Waals surface area contributed by atoms with Gasteiger partial charge in [-0.3, -0.25) is 0 Å². The van der Waals surface area contributed by atoms with Crippen LogP contribution in [0.2, 0.25) is 0 Å². The highest BCUT2D eigenvalue weighted by Gasteiger charge is 2.08. The molecule has 0 spiro atoms. The Morgan fingerprint density at radius 2 is 1.71 bits per heavy atom. The Morgan fingerprint density at radius 3 is 2.21 bits per heavy atom. The van der Waals surface area contributed by atoms with Gasteiger partial charge in [-0.05, 0) is 0 Å². The topological polar surface area (TPSA) is 20.2 Å². The predicted octanol–water partition coefficient (Wildman–Crippen LogP) is 1.84. The molecule has 0 fully saturated rings. The van der Waals surface area contributed by atoms with Crippen LogP contribution in [0.4, 0.5) is 13.2 Å². The molecule has 0 aromatic heterocycles. The zero-order chi connectivity index (χ0) is 10.6. The highest BCUT2D eigenvalue weighted by Crippen LogP contribution is 2.13. The van der Waals surface area contributed by atoms with Crippen molar-refractivity contribution in [3.8, 4) is 11.8 Å². The third kappa shape index (κ3) is 2.51. The largest absolute Gasteiger partial charge is 0.395 e. The maximum atomic E-state index is 12.9. The van der Waals surface area contributed by atoms with E-state index in [0.717, 1.165) is 0 Å². The maximum Gasteiger partial charge on any atom is 0.144 e. The smallest absolute Gasteiger partial charge is 0.144 e. The minimum Gasteiger partial charge on any atom is -0.395 e. The lowest BCUT2D eigenvalue weighted by atomic mass is 10.2. The minimum absolute atomic E-state index is 0.121. The van der Waals surface area contributed by atoms with E-state index in [0.29, 0.717) is 12.1 Å². The number of rotatable bonds is 1. The molecule has 4 heteroatoms. The minimum atomic E-state index is -1.03. The molecular formula is C10H7F3O. The molecule has 0 unspecified atom stereocenters. The van der Waals surface area contributed by atoms with Crippen LogP contribution < -0.4 is 0 Å². The van der Waals surface area contributed by atoms with Crippen molar-refractivity contribution < 1.29 is 18.3 Å². The Balaban J connectivity index is 3.04. The second kappa shape index (κ2) is 4.68. The van der Waals surface area contributed by atoms with Gasteiger partial charge in [0.25, 0.3) is 0 Å². The van der Waals surface area contributed by atoms with Crippen molar-refractivity contribution in [1.82, 2.24) is 0 Å². The molecule has 0 aliphatic carbocycles. The molecule has 0 aliphatic rings. The van der Waals surface area contributed by atoms with Gasteiger partial charge in [-0.1, -0.05) is 11.8 Å². The van der Waals surface area contributed by atoms with E-state index in [1.807, 2.05) is 0 Å². The van der Waals surface area contributed by atoms with Crippen molar-refractivity contribution >= 4 is 0 Å². The van der Waals surface area contributed by atoms with Crippen molar-refractivity contribution in [2.45, 2.75) is 6.42 Å². The number of aliphatic hydroxyl groups excluding tert-OH is 1. The molecular weight excluding hydrogens is 193 g/mol. The lowest BCUT2D eigenvalue weighted by Crippen LogP contribution is -1.92. The molecule has 1 aromatic carbocycles. The second-order valence-corrected chi connectivity index (χ2v) is 2.52. The quantitative estimate of drug-likeness (QED) is 0.686. The Morgan fingerprint density at radius 1 is 1.14 bits per heavy atom. The van der Waals surface area contributed by atoms with Crippen molar-refractivity contribution in [3.63, 3.8) is 0 Å². The van der Waals surface area contributed by atoms with Crippen LogP contribution in [0.5, 0.6) is 0 Å². The number of halogens is 3. The first-order valence-electron chi connectivity index (χ1n) is 3.89. The first kappa shape index (κ1) is 10.6. The first-order chi connectivity index (χ1) is 6.65. The lowest BCUT2D eigenvalue weighted by molar-refractivity contribution is 0.305. The van der Waals surface area contributed by atoms with E-state index >= 15 is 0 Å². The molecule has 1 N–H and O–H groups in total. The summed E-state index contributed by atoms with van der Waals surface area (Å²) in [6, 6.07) is 1.12. The van der Waals surface area contributed by atoms with E-state index in [1.165, 1.54) is 0 Å². The van der Waals surface area contributed by atoms with E-state index < -0.39 is 23.0 Å². The van der Waals surface area contributed by atoms with Crippen LogP contribution in [-0.2, 0) is 0 Å². The van der Waals surface area contributed by atoms with Crippen LogP contribution in [0.3, 0.4) is 0 Å². The summed E-state index contributed by atoms with van der Waals surface area (Å²) in [6.07, 6.45) is 0.121. The molecule has 74 valence electrons. The molecule has 14 heavy (non-hydrogen) atoms. The molecule has 1 rings (SSSR count). The van der Waals surface area contributed by atoms with Crippen LogP contribution in [0.1, 0.15) is 12.0 Å². The van der Waals surface area contributed by atoms with Gasteiger partial charge in [0.1, 0.15) is 17.5 Å². The van der Waals surface area contributed by atoms with Crippen molar-refractivity contribution in [2.75, 3.05) is 6.61 Å². The zero-order valence-corrected chi connectivity index (χ0v) is 7.15. The van der Waals surface area contributed by atoms with Gasteiger partial charge in [0, 0.05) is 18.6 Å². The molecule has 1 nitrogen and oxygen atoms in total. The lowest BCUT2D eigenvalue weighted by Gasteiger charge is -1.96. The number of aliphatic hydroxyl groups is 1. The average molecular weight is 200 g/mol. The summed E-state index contributed by atoms with van der Waals surface area (Å²) >= 11 is 0.